The smallest absolute Gasteiger partial charge is 0.313 e. The van der Waals surface area contributed by atoms with Crippen molar-refractivity contribution < 1.29 is 19.1 Å². The zero-order chi connectivity index (χ0) is 18.6. The molecule has 0 radical (unpaired) electrons. The highest BCUT2D eigenvalue weighted by Gasteiger charge is 2.42. The summed E-state index contributed by atoms with van der Waals surface area (Å²) in [6.07, 6.45) is 5.03. The van der Waals surface area contributed by atoms with Gasteiger partial charge in [0.15, 0.2) is 5.79 Å². The van der Waals surface area contributed by atoms with Crippen LogP contribution in [0.5, 0.6) is 0 Å². The minimum atomic E-state index is -0.686. The molecule has 1 saturated carbocycles. The summed E-state index contributed by atoms with van der Waals surface area (Å²) in [5.41, 5.74) is 1.60. The standard InChI is InChI=1S/C19H27N3O4/c1-22(2)15-8-6-14(7-9-15)21-18(24)17(23)20-12-16-13-25-19(26-16)10-4-3-5-11-19/h6-9,16H,3-5,10-13H2,1-2H3,(H,20,23)(H,21,24)/t16-/m0/s1. The third kappa shape index (κ3) is 4.53. The summed E-state index contributed by atoms with van der Waals surface area (Å²) in [6, 6.07) is 7.28. The summed E-state index contributed by atoms with van der Waals surface area (Å²) in [5.74, 6) is -1.83. The van der Waals surface area contributed by atoms with Crippen LogP contribution in [0.25, 0.3) is 0 Å². The minimum absolute atomic E-state index is 0.204. The number of nitrogens with one attached hydrogen (secondary N) is 2. The Labute approximate surface area is 154 Å². The van der Waals surface area contributed by atoms with Crippen molar-refractivity contribution in [1.82, 2.24) is 5.32 Å². The van der Waals surface area contributed by atoms with Gasteiger partial charge >= 0.3 is 11.8 Å². The van der Waals surface area contributed by atoms with Gasteiger partial charge in [-0.2, -0.15) is 0 Å². The number of anilines is 2. The molecule has 1 atom stereocenters. The normalized spacial score (nSPS) is 21.4. The van der Waals surface area contributed by atoms with Gasteiger partial charge in [-0.3, -0.25) is 9.59 Å². The van der Waals surface area contributed by atoms with E-state index in [-0.39, 0.29) is 12.6 Å². The maximum atomic E-state index is 12.0. The van der Waals surface area contributed by atoms with Crippen LogP contribution in [-0.4, -0.2) is 51.0 Å². The van der Waals surface area contributed by atoms with E-state index in [1.807, 2.05) is 31.1 Å². The highest BCUT2D eigenvalue weighted by molar-refractivity contribution is 6.39. The number of nitrogens with zero attached hydrogens (tertiary/aromatic N) is 1. The molecule has 1 aliphatic carbocycles. The number of hydrogen-bond donors (Lipinski definition) is 2. The summed E-state index contributed by atoms with van der Waals surface area (Å²) < 4.78 is 11.8. The van der Waals surface area contributed by atoms with Crippen LogP contribution in [-0.2, 0) is 19.1 Å². The van der Waals surface area contributed by atoms with E-state index in [1.165, 1.54) is 6.42 Å². The summed E-state index contributed by atoms with van der Waals surface area (Å²) in [7, 11) is 3.88. The maximum absolute atomic E-state index is 12.0. The zero-order valence-electron chi connectivity index (χ0n) is 15.4. The zero-order valence-corrected chi connectivity index (χ0v) is 15.4. The van der Waals surface area contributed by atoms with E-state index in [1.54, 1.807) is 12.1 Å². The van der Waals surface area contributed by atoms with Crippen molar-refractivity contribution in [1.29, 1.82) is 0 Å². The Hall–Kier alpha value is -2.12. The molecule has 1 spiro atoms. The quantitative estimate of drug-likeness (QED) is 0.801. The molecule has 0 bridgehead atoms. The second-order valence-electron chi connectivity index (χ2n) is 7.13. The van der Waals surface area contributed by atoms with Crippen molar-refractivity contribution in [3.63, 3.8) is 0 Å². The van der Waals surface area contributed by atoms with Crippen LogP contribution in [0.1, 0.15) is 32.1 Å². The Balaban J connectivity index is 1.44. The van der Waals surface area contributed by atoms with E-state index in [9.17, 15) is 9.59 Å². The lowest BCUT2D eigenvalue weighted by molar-refractivity contribution is -0.186. The maximum Gasteiger partial charge on any atom is 0.313 e. The molecule has 1 aromatic carbocycles. The van der Waals surface area contributed by atoms with Crippen molar-refractivity contribution in [3.8, 4) is 0 Å². The van der Waals surface area contributed by atoms with Crippen molar-refractivity contribution in [2.24, 2.45) is 0 Å². The van der Waals surface area contributed by atoms with E-state index in [4.69, 9.17) is 9.47 Å². The van der Waals surface area contributed by atoms with Crippen LogP contribution in [0.3, 0.4) is 0 Å². The lowest BCUT2D eigenvalue weighted by Gasteiger charge is -2.31. The first kappa shape index (κ1) is 18.7. The summed E-state index contributed by atoms with van der Waals surface area (Å²) >= 11 is 0. The number of carbonyl (C=O) groups is 2. The molecule has 0 unspecified atom stereocenters. The third-order valence-corrected chi connectivity index (χ3v) is 4.87. The molecule has 2 fully saturated rings. The van der Waals surface area contributed by atoms with Gasteiger partial charge in [0.25, 0.3) is 0 Å². The van der Waals surface area contributed by atoms with E-state index in [0.29, 0.717) is 12.3 Å². The molecule has 26 heavy (non-hydrogen) atoms. The molecule has 0 aromatic heterocycles. The summed E-state index contributed by atoms with van der Waals surface area (Å²) in [6.45, 7) is 0.724. The van der Waals surface area contributed by atoms with Crippen LogP contribution in [0.2, 0.25) is 0 Å². The van der Waals surface area contributed by atoms with Crippen molar-refractivity contribution >= 4 is 23.2 Å². The van der Waals surface area contributed by atoms with Gasteiger partial charge in [0.2, 0.25) is 0 Å². The molecule has 1 heterocycles. The highest BCUT2D eigenvalue weighted by atomic mass is 16.7. The number of ether oxygens (including phenoxy) is 2. The van der Waals surface area contributed by atoms with Gasteiger partial charge < -0.3 is 25.0 Å². The van der Waals surface area contributed by atoms with E-state index in [0.717, 1.165) is 31.4 Å². The monoisotopic (exact) mass is 361 g/mol. The van der Waals surface area contributed by atoms with Crippen LogP contribution >= 0.6 is 0 Å². The second-order valence-corrected chi connectivity index (χ2v) is 7.13. The molecule has 2 aliphatic rings. The Morgan fingerprint density at radius 3 is 2.46 bits per heavy atom. The van der Waals surface area contributed by atoms with E-state index < -0.39 is 17.6 Å². The van der Waals surface area contributed by atoms with Gasteiger partial charge in [-0.15, -0.1) is 0 Å². The molecule has 2 amide bonds. The topological polar surface area (TPSA) is 79.9 Å². The molecule has 3 rings (SSSR count). The van der Waals surface area contributed by atoms with Crippen molar-refractivity contribution in [2.75, 3.05) is 37.5 Å². The molecular formula is C19H27N3O4. The number of amides is 2. The predicted octanol–water partition coefficient (Wildman–Crippen LogP) is 1.88. The molecule has 1 aromatic rings. The van der Waals surface area contributed by atoms with Crippen molar-refractivity contribution in [3.05, 3.63) is 24.3 Å². The van der Waals surface area contributed by atoms with Gasteiger partial charge in [-0.05, 0) is 37.1 Å². The Morgan fingerprint density at radius 2 is 1.81 bits per heavy atom. The van der Waals surface area contributed by atoms with Gasteiger partial charge in [0.1, 0.15) is 6.10 Å². The SMILES string of the molecule is CN(C)c1ccc(NC(=O)C(=O)NC[C@H]2COC3(CCCCC3)O2)cc1. The molecule has 2 N–H and O–H groups in total. The third-order valence-electron chi connectivity index (χ3n) is 4.87. The van der Waals surface area contributed by atoms with Crippen LogP contribution in [0.4, 0.5) is 11.4 Å². The number of benzene rings is 1. The fraction of sp³-hybridized carbons (Fsp3) is 0.579. The molecule has 1 saturated heterocycles. The van der Waals surface area contributed by atoms with Gasteiger partial charge in [-0.1, -0.05) is 6.42 Å². The lowest BCUT2D eigenvalue weighted by atomic mass is 9.94. The first-order chi connectivity index (χ1) is 12.5. The largest absolute Gasteiger partial charge is 0.378 e. The Bertz CT molecular complexity index is 639. The number of carbonyl (C=O) groups excluding carboxylic acids is 2. The minimum Gasteiger partial charge on any atom is -0.378 e. The number of hydrogen-bond acceptors (Lipinski definition) is 5. The van der Waals surface area contributed by atoms with Gasteiger partial charge in [0, 0.05) is 44.9 Å². The summed E-state index contributed by atoms with van der Waals surface area (Å²) in [5, 5.41) is 5.23. The van der Waals surface area contributed by atoms with Gasteiger partial charge in [-0.25, -0.2) is 0 Å². The Morgan fingerprint density at radius 1 is 1.12 bits per heavy atom. The first-order valence-corrected chi connectivity index (χ1v) is 9.16. The second kappa shape index (κ2) is 8.05. The lowest BCUT2D eigenvalue weighted by Crippen LogP contribution is -2.41. The average molecular weight is 361 g/mol. The molecule has 1 aliphatic heterocycles. The molecule has 142 valence electrons. The van der Waals surface area contributed by atoms with Crippen LogP contribution in [0.15, 0.2) is 24.3 Å². The van der Waals surface area contributed by atoms with Crippen LogP contribution in [0, 0.1) is 0 Å². The van der Waals surface area contributed by atoms with E-state index >= 15 is 0 Å². The number of rotatable bonds is 4. The van der Waals surface area contributed by atoms with Gasteiger partial charge in [0.05, 0.1) is 6.61 Å². The Kier molecular flexibility index (Phi) is 5.78. The molecule has 7 heteroatoms. The van der Waals surface area contributed by atoms with Crippen molar-refractivity contribution in [2.45, 2.75) is 44.0 Å². The summed E-state index contributed by atoms with van der Waals surface area (Å²) in [4.78, 5) is 26.0. The fourth-order valence-corrected chi connectivity index (χ4v) is 3.39. The van der Waals surface area contributed by atoms with E-state index in [2.05, 4.69) is 10.6 Å². The molecule has 7 nitrogen and oxygen atoms in total. The first-order valence-electron chi connectivity index (χ1n) is 9.16. The average Bonchev–Trinajstić information content (AvgIpc) is 3.03. The molecular weight excluding hydrogens is 334 g/mol. The highest BCUT2D eigenvalue weighted by Crippen LogP contribution is 2.37. The predicted molar refractivity (Wildman–Crippen MR) is 99.0 cm³/mol. The fourth-order valence-electron chi connectivity index (χ4n) is 3.39. The van der Waals surface area contributed by atoms with Crippen LogP contribution < -0.4 is 15.5 Å².